The fourth-order valence-electron chi connectivity index (χ4n) is 8.47. The van der Waals surface area contributed by atoms with E-state index in [-0.39, 0.29) is 74.7 Å². The van der Waals surface area contributed by atoms with Gasteiger partial charge in [-0.3, -0.25) is 4.90 Å². The Labute approximate surface area is 281 Å². The number of piperidine rings is 1. The minimum atomic E-state index is -5.08. The van der Waals surface area contributed by atoms with Crippen LogP contribution in [0.15, 0.2) is 18.2 Å². The molecule has 0 amide bonds. The van der Waals surface area contributed by atoms with E-state index < -0.39 is 46.2 Å². The van der Waals surface area contributed by atoms with E-state index in [1.54, 1.807) is 0 Å². The van der Waals surface area contributed by atoms with Crippen LogP contribution in [0.1, 0.15) is 50.5 Å². The third-order valence-corrected chi connectivity index (χ3v) is 11.9. The number of hydrogen-bond donors (Lipinski definition) is 2. The molecule has 5 heterocycles. The highest BCUT2D eigenvalue weighted by atomic mass is 32.1. The molecule has 2 aromatic heterocycles. The number of nitrogens with one attached hydrogen (secondary N) is 1. The fraction of sp³-hybridized carbons (Fsp3) is 0.500. The van der Waals surface area contributed by atoms with Gasteiger partial charge in [0.15, 0.2) is 5.82 Å². The molecular weight excluding hydrogens is 670 g/mol. The Bertz CT molecular complexity index is 2020. The molecule has 2 atom stereocenters. The van der Waals surface area contributed by atoms with Crippen molar-refractivity contribution >= 4 is 43.0 Å². The highest BCUT2D eigenvalue weighted by Crippen LogP contribution is 2.52. The van der Waals surface area contributed by atoms with E-state index >= 15 is 4.39 Å². The molecule has 4 fully saturated rings. The number of anilines is 1. The van der Waals surface area contributed by atoms with Gasteiger partial charge < -0.3 is 20.5 Å². The molecule has 4 aliphatic rings. The van der Waals surface area contributed by atoms with Crippen LogP contribution in [0.3, 0.4) is 0 Å². The van der Waals surface area contributed by atoms with Gasteiger partial charge >= 0.3 is 12.2 Å². The molecule has 15 heteroatoms. The Morgan fingerprint density at radius 2 is 1.90 bits per heavy atom. The van der Waals surface area contributed by atoms with Crippen molar-refractivity contribution in [3.63, 3.8) is 0 Å². The standard InChI is InChI=1S/C34H32F6N6O2S/c1-42-27-24-19(3-4-22(36)28(24)49-29(27)41)23-21(34(38,39)40)11-20-26(25(23)37)44-31(47-16-33-5-2-10-46(33)15-17(35)12-33)45-30(20)48-18-13-32(14-18)6-8-43-9-7-32/h3-4,11,17-18,43H,2,5-10,12-16,41H2. The van der Waals surface area contributed by atoms with Gasteiger partial charge in [-0.15, -0.1) is 11.3 Å². The average molecular weight is 703 g/mol. The molecule has 258 valence electrons. The third kappa shape index (κ3) is 5.34. The van der Waals surface area contributed by atoms with Crippen LogP contribution in [0.4, 0.5) is 37.0 Å². The predicted octanol–water partition coefficient (Wildman–Crippen LogP) is 7.81. The van der Waals surface area contributed by atoms with Gasteiger partial charge in [0.2, 0.25) is 11.6 Å². The lowest BCUT2D eigenvalue weighted by atomic mass is 9.62. The monoisotopic (exact) mass is 702 g/mol. The van der Waals surface area contributed by atoms with Gasteiger partial charge in [-0.05, 0) is 81.3 Å². The number of ether oxygens (including phenoxy) is 2. The van der Waals surface area contributed by atoms with Gasteiger partial charge in [-0.2, -0.15) is 23.1 Å². The van der Waals surface area contributed by atoms with Crippen LogP contribution < -0.4 is 20.5 Å². The normalized spacial score (nSPS) is 24.0. The van der Waals surface area contributed by atoms with E-state index in [2.05, 4.69) is 20.1 Å². The van der Waals surface area contributed by atoms with Crippen molar-refractivity contribution in [3.8, 4) is 23.0 Å². The van der Waals surface area contributed by atoms with E-state index in [0.29, 0.717) is 37.1 Å². The molecule has 3 N–H and O–H groups in total. The molecule has 2 unspecified atom stereocenters. The second kappa shape index (κ2) is 11.6. The molecular formula is C34H32F6N6O2S. The van der Waals surface area contributed by atoms with Crippen molar-refractivity contribution in [3.05, 3.63) is 46.8 Å². The summed E-state index contributed by atoms with van der Waals surface area (Å²) in [5, 5.41) is 2.71. The number of aromatic nitrogens is 2. The summed E-state index contributed by atoms with van der Waals surface area (Å²) in [6.07, 6.45) is -1.44. The van der Waals surface area contributed by atoms with E-state index in [0.717, 1.165) is 50.6 Å². The number of nitrogens with zero attached hydrogens (tertiary/aromatic N) is 4. The molecule has 0 radical (unpaired) electrons. The van der Waals surface area contributed by atoms with E-state index in [4.69, 9.17) is 21.8 Å². The first-order chi connectivity index (χ1) is 23.4. The molecule has 1 spiro atoms. The predicted molar refractivity (Wildman–Crippen MR) is 173 cm³/mol. The molecule has 8 nitrogen and oxygen atoms in total. The van der Waals surface area contributed by atoms with Crippen LogP contribution >= 0.6 is 11.3 Å². The summed E-state index contributed by atoms with van der Waals surface area (Å²) in [6, 6.07) is 2.38. The van der Waals surface area contributed by atoms with Gasteiger partial charge in [0.1, 0.15) is 30.2 Å². The number of thiophene rings is 1. The lowest BCUT2D eigenvalue weighted by Crippen LogP contribution is -2.49. The molecule has 3 saturated heterocycles. The second-order valence-electron chi connectivity index (χ2n) is 13.8. The Kier molecular flexibility index (Phi) is 7.66. The Morgan fingerprint density at radius 3 is 2.63 bits per heavy atom. The summed E-state index contributed by atoms with van der Waals surface area (Å²) in [4.78, 5) is 14.0. The van der Waals surface area contributed by atoms with Crippen LogP contribution in [0.25, 0.3) is 37.0 Å². The van der Waals surface area contributed by atoms with Crippen molar-refractivity contribution in [1.29, 1.82) is 0 Å². The van der Waals surface area contributed by atoms with Crippen LogP contribution in [0.2, 0.25) is 0 Å². The number of nitrogens with two attached hydrogens (primary N) is 1. The highest BCUT2D eigenvalue weighted by Gasteiger charge is 2.50. The average Bonchev–Trinajstić information content (AvgIpc) is 3.69. The first-order valence-corrected chi connectivity index (χ1v) is 17.1. The lowest BCUT2D eigenvalue weighted by molar-refractivity contribution is -0.137. The molecule has 1 saturated carbocycles. The number of alkyl halides is 4. The first kappa shape index (κ1) is 32.3. The summed E-state index contributed by atoms with van der Waals surface area (Å²) in [5.74, 6) is -2.40. The minimum absolute atomic E-state index is 0.00808. The summed E-state index contributed by atoms with van der Waals surface area (Å²) in [6.45, 7) is 10.3. The Balaban J connectivity index is 1.28. The zero-order valence-electron chi connectivity index (χ0n) is 26.2. The van der Waals surface area contributed by atoms with Gasteiger partial charge in [0.05, 0.1) is 32.8 Å². The molecule has 1 aliphatic carbocycles. The largest absolute Gasteiger partial charge is 0.474 e. The van der Waals surface area contributed by atoms with Crippen molar-refractivity contribution in [2.45, 2.75) is 68.9 Å². The quantitative estimate of drug-likeness (QED) is 0.157. The Hall–Kier alpha value is -3.87. The maximum atomic E-state index is 16.9. The maximum Gasteiger partial charge on any atom is 0.417 e. The summed E-state index contributed by atoms with van der Waals surface area (Å²) in [5.41, 5.74) is 2.07. The number of benzene rings is 2. The van der Waals surface area contributed by atoms with Crippen LogP contribution in [0, 0.1) is 23.6 Å². The van der Waals surface area contributed by atoms with E-state index in [9.17, 15) is 22.0 Å². The second-order valence-corrected chi connectivity index (χ2v) is 14.9. The summed E-state index contributed by atoms with van der Waals surface area (Å²) in [7, 11) is 0. The third-order valence-electron chi connectivity index (χ3n) is 10.8. The lowest BCUT2D eigenvalue weighted by Gasteiger charge is -2.49. The highest BCUT2D eigenvalue weighted by molar-refractivity contribution is 7.23. The zero-order chi connectivity index (χ0) is 34.3. The minimum Gasteiger partial charge on any atom is -0.474 e. The van der Waals surface area contributed by atoms with Gasteiger partial charge in [-0.25, -0.2) is 18.0 Å². The van der Waals surface area contributed by atoms with Crippen molar-refractivity contribution in [2.24, 2.45) is 5.41 Å². The van der Waals surface area contributed by atoms with E-state index in [1.165, 1.54) is 0 Å². The van der Waals surface area contributed by atoms with Crippen LogP contribution in [-0.2, 0) is 6.18 Å². The van der Waals surface area contributed by atoms with Crippen molar-refractivity contribution in [1.82, 2.24) is 20.2 Å². The van der Waals surface area contributed by atoms with Crippen LogP contribution in [0.5, 0.6) is 11.9 Å². The van der Waals surface area contributed by atoms with Crippen molar-refractivity contribution < 1.29 is 35.8 Å². The topological polar surface area (TPSA) is 89.9 Å². The number of rotatable bonds is 6. The van der Waals surface area contributed by atoms with Gasteiger partial charge in [0.25, 0.3) is 0 Å². The maximum absolute atomic E-state index is 16.9. The molecule has 2 aromatic carbocycles. The smallest absolute Gasteiger partial charge is 0.417 e. The fourth-order valence-corrected chi connectivity index (χ4v) is 9.41. The molecule has 8 rings (SSSR count). The number of fused-ring (bicyclic) bond motifs is 3. The number of halogens is 6. The van der Waals surface area contributed by atoms with Crippen LogP contribution in [-0.4, -0.2) is 65.5 Å². The van der Waals surface area contributed by atoms with Gasteiger partial charge in [-0.1, -0.05) is 6.07 Å². The molecule has 49 heavy (non-hydrogen) atoms. The van der Waals surface area contributed by atoms with E-state index in [1.807, 2.05) is 4.90 Å². The van der Waals surface area contributed by atoms with Crippen molar-refractivity contribution in [2.75, 3.05) is 38.5 Å². The molecule has 0 bridgehead atoms. The molecule has 3 aliphatic heterocycles. The number of nitrogen functional groups attached to an aromatic ring is 1. The Morgan fingerprint density at radius 1 is 1.12 bits per heavy atom. The summed E-state index contributed by atoms with van der Waals surface area (Å²) >= 11 is 0.702. The number of hydrogen-bond acceptors (Lipinski definition) is 8. The first-order valence-electron chi connectivity index (χ1n) is 16.3. The van der Waals surface area contributed by atoms with Gasteiger partial charge in [0, 0.05) is 23.9 Å². The SMILES string of the molecule is [C-]#[N+]c1c(N)sc2c(F)ccc(-c3c(C(F)(F)F)cc4c(OC5CC6(CCNCC6)C5)nc(OCC56CCCN5CC(F)C6)nc4c3F)c12. The molecule has 4 aromatic rings. The summed E-state index contributed by atoms with van der Waals surface area (Å²) < 4.78 is 103. The zero-order valence-corrected chi connectivity index (χ0v) is 27.0.